The third kappa shape index (κ3) is 37.2. The van der Waals surface area contributed by atoms with Gasteiger partial charge in [-0.05, 0) is 177 Å². The molecule has 148 heavy (non-hydrogen) atoms. The van der Waals surface area contributed by atoms with Crippen LogP contribution >= 0.6 is 36.6 Å². The number of aromatic hydroxyl groups is 1. The van der Waals surface area contributed by atoms with E-state index in [0.29, 0.717) is 33.2 Å². The van der Waals surface area contributed by atoms with Crippen molar-refractivity contribution in [2.45, 2.75) is 206 Å². The van der Waals surface area contributed by atoms with Crippen LogP contribution in [0.5, 0.6) is 11.5 Å². The highest BCUT2D eigenvalue weighted by atomic mass is 32.1. The maximum Gasteiger partial charge on any atom is 0.326 e. The Hall–Kier alpha value is -14.0. The zero-order chi connectivity index (χ0) is 109. The topological polar surface area (TPSA) is 689 Å². The molecular weight excluding hydrogens is 1960 g/mol. The van der Waals surface area contributed by atoms with Gasteiger partial charge in [-0.2, -0.15) is 25.3 Å². The number of carboxylic acid groups (broad SMARTS) is 1. The Morgan fingerprint density at radius 2 is 1.04 bits per heavy atom. The first-order chi connectivity index (χ1) is 69.9. The first-order valence-corrected chi connectivity index (χ1v) is 50.7. The molecule has 1 aliphatic carbocycles. The van der Waals surface area contributed by atoms with Crippen molar-refractivity contribution in [3.8, 4) is 33.9 Å². The molecule has 41 nitrogen and oxygen atoms in total. The molecule has 0 saturated heterocycles. The van der Waals surface area contributed by atoms with Crippen LogP contribution in [0.1, 0.15) is 167 Å². The number of nitrogens with two attached hydrogens (primary N) is 4. The maximum atomic E-state index is 16.0. The van der Waals surface area contributed by atoms with Gasteiger partial charge in [0, 0.05) is 149 Å². The Morgan fingerprint density at radius 3 is 1.61 bits per heavy atom. The highest BCUT2D eigenvalue weighted by Crippen LogP contribution is 2.45. The number of hydrogen-bond acceptors (Lipinski definition) is 28. The number of carboxylic acids is 1. The number of carbonyl (C=O) groups excluding carboxylic acids is 13. The zero-order valence-electron chi connectivity index (χ0n) is 84.5. The number of thiophene rings is 1. The van der Waals surface area contributed by atoms with Crippen LogP contribution in [0.3, 0.4) is 0 Å². The number of ether oxygens (including phenoxy) is 3. The number of guanidine groups is 4. The smallest absolute Gasteiger partial charge is 0.326 e. The van der Waals surface area contributed by atoms with Gasteiger partial charge in [-0.3, -0.25) is 88.8 Å². The average molecular weight is 2100 g/mol. The molecule has 8 rings (SSSR count). The molecule has 26 N–H and O–H groups in total. The largest absolute Gasteiger partial charge is 0.508 e. The lowest BCUT2D eigenvalue weighted by atomic mass is 9.75. The number of aliphatic hydroxyl groups excluding tert-OH is 1. The van der Waals surface area contributed by atoms with Crippen molar-refractivity contribution < 1.29 is 101 Å². The number of nitrogens with one attached hydrogen (secondary N) is 15. The number of rotatable bonds is 62. The molecule has 2 aliphatic rings. The molecule has 1 aromatic heterocycles. The predicted molar refractivity (Wildman–Crippen MR) is 569 cm³/mol. The molecule has 1 aliphatic heterocycles. The van der Waals surface area contributed by atoms with Crippen LogP contribution < -0.4 is 91.6 Å². The lowest BCUT2D eigenvalue weighted by Crippen LogP contribution is -2.56. The summed E-state index contributed by atoms with van der Waals surface area (Å²) in [6, 6.07) is 24.5. The van der Waals surface area contributed by atoms with E-state index in [1.54, 1.807) is 79.7 Å². The monoisotopic (exact) mass is 2100 g/mol. The number of Topliss-reactive ketones (excluding diaryl/α,β-unsaturated/α-hetero) is 5. The molecule has 0 spiro atoms. The number of amides is 7. The summed E-state index contributed by atoms with van der Waals surface area (Å²) in [5.41, 5.74) is 23.0. The molecule has 0 radical (unpaired) electrons. The number of thiol groups is 2. The molecule has 2 heterocycles. The molecule has 0 unspecified atom stereocenters. The number of ketones is 5. The number of aliphatic carboxylic acids is 1. The van der Waals surface area contributed by atoms with E-state index in [0.717, 1.165) is 20.9 Å². The fourth-order valence-electron chi connectivity index (χ4n) is 17.2. The minimum Gasteiger partial charge on any atom is -0.508 e. The van der Waals surface area contributed by atoms with Crippen LogP contribution in [0.15, 0.2) is 136 Å². The molecule has 7 amide bonds. The quantitative estimate of drug-likeness (QED) is 0.00486. The van der Waals surface area contributed by atoms with Gasteiger partial charge in [0.05, 0.1) is 44.1 Å². The van der Waals surface area contributed by atoms with E-state index in [4.69, 9.17) is 75.8 Å². The lowest BCUT2D eigenvalue weighted by molar-refractivity contribution is -0.146. The summed E-state index contributed by atoms with van der Waals surface area (Å²) in [5.74, 6) is -18.3. The van der Waals surface area contributed by atoms with Gasteiger partial charge in [-0.25, -0.2) is 4.79 Å². The fraction of sp³-hybridized carbons (Fsp3) is 0.471. The number of phenolic OH excluding ortho intramolecular Hbond substituents is 1. The van der Waals surface area contributed by atoms with Gasteiger partial charge >= 0.3 is 5.97 Å². The Bertz CT molecular complexity index is 6110. The van der Waals surface area contributed by atoms with Crippen LogP contribution in [0, 0.1) is 62.1 Å². The summed E-state index contributed by atoms with van der Waals surface area (Å²) in [4.78, 5) is 215. The van der Waals surface area contributed by atoms with E-state index in [1.165, 1.54) is 54.7 Å². The summed E-state index contributed by atoms with van der Waals surface area (Å²) in [6.45, 7) is 13.8. The van der Waals surface area contributed by atoms with E-state index < -0.39 is 214 Å². The third-order valence-electron chi connectivity index (χ3n) is 25.1. The van der Waals surface area contributed by atoms with E-state index >= 15 is 28.8 Å². The average Bonchev–Trinajstić information content (AvgIpc) is 0.822. The molecule has 0 bridgehead atoms. The van der Waals surface area contributed by atoms with Gasteiger partial charge in [0.25, 0.3) is 12.4 Å². The number of aliphatic hydroxyl groups is 1. The molecule has 0 saturated carbocycles. The van der Waals surface area contributed by atoms with Crippen LogP contribution in [-0.2, 0) is 84.6 Å². The Kier molecular flexibility index (Phi) is 45.8. The van der Waals surface area contributed by atoms with E-state index in [9.17, 15) is 58.5 Å². The van der Waals surface area contributed by atoms with E-state index in [2.05, 4.69) is 71.1 Å². The summed E-state index contributed by atoms with van der Waals surface area (Å²) in [5, 5.41) is 97.4. The summed E-state index contributed by atoms with van der Waals surface area (Å²) >= 11 is 10.6. The van der Waals surface area contributed by atoms with Crippen LogP contribution in [0.25, 0.3) is 54.3 Å². The Morgan fingerprint density at radius 1 is 0.507 bits per heavy atom. The second kappa shape index (κ2) is 56.8. The second-order valence-corrected chi connectivity index (χ2v) is 41.8. The van der Waals surface area contributed by atoms with Crippen molar-refractivity contribution in [3.63, 3.8) is 0 Å². The van der Waals surface area contributed by atoms with Crippen molar-refractivity contribution in [1.29, 1.82) is 21.6 Å². The van der Waals surface area contributed by atoms with Gasteiger partial charge in [-0.15, -0.1) is 11.3 Å². The minimum absolute atomic E-state index is 0.000639. The van der Waals surface area contributed by atoms with Gasteiger partial charge in [-0.1, -0.05) is 102 Å². The lowest BCUT2D eigenvalue weighted by Gasteiger charge is -2.35. The number of fused-ring (bicyclic) bond motifs is 4. The van der Waals surface area contributed by atoms with Crippen molar-refractivity contribution >= 4 is 175 Å². The molecule has 5 aromatic carbocycles. The summed E-state index contributed by atoms with van der Waals surface area (Å²) in [6.07, 6.45) is -4.59. The third-order valence-corrected chi connectivity index (χ3v) is 26.7. The standard InChI is InChI=1S/C104H139N19O22S3/c1-57(125)88(80(131)47-63(22-16-36-116-100(109)110)94(137)123-90(97(140)141)103(5,6)7)121-96(139)73(102(2,3)4)52-81(132)89(104(8,9)147)122-95(138)65(44-66-55-148-85-25-13-12-23-69(66)85)48-78(129)75(43-58-26-27-59-18-10-11-19-60(59)42-58)120-93(136)61(20-14-34-114-98(105)106)45-77(128)74(24-17-37-117-101(111)112)119-92(135)62(21-15-35-115-99(107)108)46-79(130)76(54-146)118-86(133)53-143-41-40-142-39-38-113-91(134)64-28-31-70(82(49-64)144-56-124)87-71-32-29-67(126)50-83(71)145-84-51-68(127)30-33-72(84)87/h10-13,18-19,23,25-33,42,49-51,55-57,61-63,65,73-76,88-90,125-126,146-147H,14-17,20-22,24,34-41,43-48,52-54H2,1-9H3,(H,113,134)(H,118,133)(H,119,135)(H,120,136)(H,121,139)(H,122,138)(H,123,137)(H,140,141)(H4,105,106,114)(H4,107,108,115)(H4,109,110,116)(H4,111,112,117)/t57-,61-,62+,63-,65-,73-,74+,75+,76+,88+,89-,90-/m1/s1. The second-order valence-electron chi connectivity index (χ2n) is 39.4. The van der Waals surface area contributed by atoms with Crippen LogP contribution in [0.2, 0.25) is 0 Å². The molecule has 6 aromatic rings. The number of carbonyl (C=O) groups is 14. The highest BCUT2D eigenvalue weighted by molar-refractivity contribution is 7.81. The molecule has 800 valence electrons. The van der Waals surface area contributed by atoms with Gasteiger partial charge in [0.2, 0.25) is 35.4 Å². The maximum absolute atomic E-state index is 16.0. The molecule has 12 atom stereocenters. The minimum atomic E-state index is -1.67. The first kappa shape index (κ1) is 119. The fourth-order valence-corrected chi connectivity index (χ4v) is 18.7. The first-order valence-electron chi connectivity index (χ1n) is 48.8. The van der Waals surface area contributed by atoms with Crippen molar-refractivity contribution in [3.05, 3.63) is 154 Å². The molecular formula is C104H139N19O22S3. The number of hydrogen-bond donors (Lipinski definition) is 24. The van der Waals surface area contributed by atoms with Crippen molar-refractivity contribution in [2.75, 3.05) is 64.9 Å². The summed E-state index contributed by atoms with van der Waals surface area (Å²) < 4.78 is 22.0. The van der Waals surface area contributed by atoms with Gasteiger partial charge in [0.15, 0.2) is 58.2 Å². The van der Waals surface area contributed by atoms with Crippen molar-refractivity contribution in [2.24, 2.45) is 63.4 Å². The zero-order valence-corrected chi connectivity index (χ0v) is 87.1. The van der Waals surface area contributed by atoms with E-state index in [1.807, 2.05) is 66.0 Å². The summed E-state index contributed by atoms with van der Waals surface area (Å²) in [7, 11) is 0. The molecule has 0 fully saturated rings. The van der Waals surface area contributed by atoms with Crippen molar-refractivity contribution in [1.82, 2.24) is 58.5 Å². The Labute approximate surface area is 872 Å². The normalized spacial score (nSPS) is 14.1. The van der Waals surface area contributed by atoms with Crippen LogP contribution in [-0.4, -0.2) is 234 Å². The number of phenols is 1. The number of benzene rings is 6. The molecule has 44 heteroatoms. The van der Waals surface area contributed by atoms with Crippen LogP contribution in [0.4, 0.5) is 0 Å². The SMILES string of the molecule is C[C@@H](O)[C@H](NC(=O)[C@@H](CC(=O)[C@@H](NC(=O)[C@@H](CC(=O)[C@H](Cc1ccc2ccccc2c1)NC(=O)[C@H](CCCNC(=N)N)CC(=O)[C@H](CCCNC(=N)N)NC(=O)[C@@H](CCCNC(=N)N)CC(=O)[C@H](CS)NC(=O)COCCOCCNC(=O)c1ccc(-c2c3ccc(=O)cc-3oc3cc(O)ccc23)c(OC=O)c1)Cc1csc2ccccc12)C(C)(C)S)C(C)(C)C)C(=O)C[C@@H](CCCNC(=N)N)C(=O)N[C@H](C(=O)O)C(C)(C)C. The Balaban J connectivity index is 0.990. The highest BCUT2D eigenvalue weighted by Gasteiger charge is 2.45. The van der Waals surface area contributed by atoms with Gasteiger partial charge < -0.3 is 115 Å². The van der Waals surface area contributed by atoms with Gasteiger partial charge in [0.1, 0.15) is 47.6 Å². The van der Waals surface area contributed by atoms with E-state index in [-0.39, 0.29) is 175 Å². The predicted octanol–water partition coefficient (Wildman–Crippen LogP) is 6.46.